The Morgan fingerprint density at radius 3 is 1.94 bits per heavy atom. The van der Waals surface area contributed by atoms with Gasteiger partial charge in [-0.05, 0) is 31.2 Å². The van der Waals surface area contributed by atoms with Gasteiger partial charge in [-0.25, -0.2) is 4.98 Å². The van der Waals surface area contributed by atoms with Gasteiger partial charge in [0.05, 0.1) is 5.69 Å². The van der Waals surface area contributed by atoms with Crippen LogP contribution in [0.25, 0.3) is 11.4 Å². The summed E-state index contributed by atoms with van der Waals surface area (Å²) in [5.74, 6) is 1.13. The van der Waals surface area contributed by atoms with Gasteiger partial charge in [0.2, 0.25) is 0 Å². The van der Waals surface area contributed by atoms with Crippen LogP contribution in [0.2, 0.25) is 0 Å². The van der Waals surface area contributed by atoms with Crippen LogP contribution < -0.4 is 0 Å². The smallest absolute Gasteiger partial charge is 0.140 e. The largest absolute Gasteiger partial charge is 0.331 e. The molecule has 0 N–H and O–H groups in total. The molecular formula is C29H40N2. The molecule has 2 heteroatoms. The van der Waals surface area contributed by atoms with E-state index in [9.17, 15) is 0 Å². The Hall–Kier alpha value is -2.35. The first kappa shape index (κ1) is 23.3. The Labute approximate surface area is 189 Å². The molecule has 3 aromatic rings. The van der Waals surface area contributed by atoms with E-state index in [1.165, 1.54) is 74.6 Å². The molecule has 0 radical (unpaired) electrons. The Bertz CT molecular complexity index is 836. The van der Waals surface area contributed by atoms with Crippen molar-refractivity contribution in [1.82, 2.24) is 9.55 Å². The van der Waals surface area contributed by atoms with Crippen LogP contribution in [-0.4, -0.2) is 9.55 Å². The lowest BCUT2D eigenvalue weighted by molar-refractivity contribution is 0.540. The highest BCUT2D eigenvalue weighted by Crippen LogP contribution is 2.21. The van der Waals surface area contributed by atoms with E-state index in [0.29, 0.717) is 0 Å². The van der Waals surface area contributed by atoms with Gasteiger partial charge in [0.15, 0.2) is 0 Å². The van der Waals surface area contributed by atoms with Gasteiger partial charge < -0.3 is 4.57 Å². The van der Waals surface area contributed by atoms with Crippen LogP contribution in [0, 0.1) is 0 Å². The molecule has 0 saturated carbocycles. The van der Waals surface area contributed by atoms with Crippen molar-refractivity contribution in [3.8, 4) is 11.4 Å². The molecule has 166 valence electrons. The molecule has 3 rings (SSSR count). The predicted molar refractivity (Wildman–Crippen MR) is 133 cm³/mol. The van der Waals surface area contributed by atoms with Crippen LogP contribution in [-0.2, 0) is 19.4 Å². The summed E-state index contributed by atoms with van der Waals surface area (Å²) < 4.78 is 2.40. The van der Waals surface area contributed by atoms with E-state index in [2.05, 4.69) is 78.4 Å². The molecule has 0 atom stereocenters. The van der Waals surface area contributed by atoms with Crippen molar-refractivity contribution in [3.05, 3.63) is 78.1 Å². The van der Waals surface area contributed by atoms with Crippen molar-refractivity contribution in [2.45, 2.75) is 90.5 Å². The number of aryl methyl sites for hydroxylation is 3. The third-order valence-electron chi connectivity index (χ3n) is 6.10. The maximum absolute atomic E-state index is 5.03. The molecule has 0 aliphatic rings. The van der Waals surface area contributed by atoms with Crippen LogP contribution >= 0.6 is 0 Å². The van der Waals surface area contributed by atoms with Crippen LogP contribution in [0.15, 0.2) is 66.9 Å². The van der Waals surface area contributed by atoms with Crippen molar-refractivity contribution in [1.29, 1.82) is 0 Å². The quantitative estimate of drug-likeness (QED) is 0.228. The van der Waals surface area contributed by atoms with Gasteiger partial charge in [-0.2, -0.15) is 0 Å². The molecule has 0 spiro atoms. The van der Waals surface area contributed by atoms with Crippen LogP contribution in [0.3, 0.4) is 0 Å². The first-order chi connectivity index (χ1) is 15.4. The lowest BCUT2D eigenvalue weighted by atomic mass is 10.1. The normalized spacial score (nSPS) is 11.1. The topological polar surface area (TPSA) is 17.8 Å². The zero-order valence-corrected chi connectivity index (χ0v) is 19.4. The Balaban J connectivity index is 1.49. The van der Waals surface area contributed by atoms with E-state index in [4.69, 9.17) is 4.98 Å². The van der Waals surface area contributed by atoms with Crippen LogP contribution in [0.1, 0.15) is 82.4 Å². The molecule has 1 aromatic heterocycles. The fourth-order valence-electron chi connectivity index (χ4n) is 4.29. The van der Waals surface area contributed by atoms with Crippen molar-refractivity contribution in [2.24, 2.45) is 0 Å². The summed E-state index contributed by atoms with van der Waals surface area (Å²) >= 11 is 0. The summed E-state index contributed by atoms with van der Waals surface area (Å²) in [5.41, 5.74) is 3.87. The minimum atomic E-state index is 1.04. The van der Waals surface area contributed by atoms with Gasteiger partial charge in [-0.3, -0.25) is 0 Å². The molecule has 1 heterocycles. The third kappa shape index (κ3) is 8.36. The lowest BCUT2D eigenvalue weighted by Gasteiger charge is -2.08. The number of unbranched alkanes of at least 4 members (excludes halogenated alkanes) is 8. The fourth-order valence-corrected chi connectivity index (χ4v) is 4.29. The summed E-state index contributed by atoms with van der Waals surface area (Å²) in [7, 11) is 0. The molecule has 31 heavy (non-hydrogen) atoms. The van der Waals surface area contributed by atoms with Gasteiger partial charge in [0.1, 0.15) is 5.82 Å². The van der Waals surface area contributed by atoms with E-state index in [1.807, 2.05) is 0 Å². The summed E-state index contributed by atoms with van der Waals surface area (Å²) in [6.45, 7) is 3.36. The zero-order chi connectivity index (χ0) is 21.6. The van der Waals surface area contributed by atoms with Crippen molar-refractivity contribution in [2.75, 3.05) is 0 Å². The molecule has 0 unspecified atom stereocenters. The monoisotopic (exact) mass is 416 g/mol. The number of imidazole rings is 1. The second-order valence-electron chi connectivity index (χ2n) is 8.78. The number of benzene rings is 2. The first-order valence-electron chi connectivity index (χ1n) is 12.5. The van der Waals surface area contributed by atoms with E-state index < -0.39 is 0 Å². The Morgan fingerprint density at radius 1 is 0.645 bits per heavy atom. The molecule has 0 bridgehead atoms. The highest BCUT2D eigenvalue weighted by molar-refractivity contribution is 5.55. The molecular weight excluding hydrogens is 376 g/mol. The van der Waals surface area contributed by atoms with Gasteiger partial charge in [0.25, 0.3) is 0 Å². The van der Waals surface area contributed by atoms with Gasteiger partial charge >= 0.3 is 0 Å². The molecule has 0 aliphatic carbocycles. The van der Waals surface area contributed by atoms with Crippen molar-refractivity contribution < 1.29 is 0 Å². The highest BCUT2D eigenvalue weighted by atomic mass is 15.1. The average Bonchev–Trinajstić information content (AvgIpc) is 3.22. The predicted octanol–water partition coefficient (Wildman–Crippen LogP) is 8.26. The number of hydrogen-bond donors (Lipinski definition) is 0. The SMILES string of the molecule is CCCCCCCCCCCn1cc(CCCc2ccccc2)nc1-c1ccccc1. The van der Waals surface area contributed by atoms with Crippen LogP contribution in [0.5, 0.6) is 0 Å². The number of nitrogens with zero attached hydrogens (tertiary/aromatic N) is 2. The fraction of sp³-hybridized carbons (Fsp3) is 0.483. The van der Waals surface area contributed by atoms with Crippen molar-refractivity contribution >= 4 is 0 Å². The Morgan fingerprint density at radius 2 is 1.26 bits per heavy atom. The van der Waals surface area contributed by atoms with Crippen LogP contribution in [0.4, 0.5) is 0 Å². The van der Waals surface area contributed by atoms with Gasteiger partial charge in [-0.15, -0.1) is 0 Å². The van der Waals surface area contributed by atoms with E-state index in [1.54, 1.807) is 0 Å². The van der Waals surface area contributed by atoms with E-state index >= 15 is 0 Å². The first-order valence-corrected chi connectivity index (χ1v) is 12.5. The minimum Gasteiger partial charge on any atom is -0.331 e. The summed E-state index contributed by atoms with van der Waals surface area (Å²) in [6, 6.07) is 21.5. The molecule has 2 aromatic carbocycles. The molecule has 0 saturated heterocycles. The van der Waals surface area contributed by atoms with E-state index in [0.717, 1.165) is 31.6 Å². The molecule has 0 amide bonds. The van der Waals surface area contributed by atoms with Crippen molar-refractivity contribution in [3.63, 3.8) is 0 Å². The molecule has 0 aliphatic heterocycles. The second kappa shape index (κ2) is 13.9. The zero-order valence-electron chi connectivity index (χ0n) is 19.4. The second-order valence-corrected chi connectivity index (χ2v) is 8.78. The third-order valence-corrected chi connectivity index (χ3v) is 6.10. The lowest BCUT2D eigenvalue weighted by Crippen LogP contribution is -1.99. The average molecular weight is 417 g/mol. The summed E-state index contributed by atoms with van der Waals surface area (Å²) in [4.78, 5) is 5.03. The van der Waals surface area contributed by atoms with Gasteiger partial charge in [-0.1, -0.05) is 119 Å². The maximum atomic E-state index is 5.03. The summed E-state index contributed by atoms with van der Waals surface area (Å²) in [6.07, 6.45) is 17.9. The Kier molecular flexibility index (Phi) is 10.4. The summed E-state index contributed by atoms with van der Waals surface area (Å²) in [5, 5.41) is 0. The maximum Gasteiger partial charge on any atom is 0.140 e. The molecule has 0 fully saturated rings. The highest BCUT2D eigenvalue weighted by Gasteiger charge is 2.10. The number of rotatable bonds is 15. The molecule has 2 nitrogen and oxygen atoms in total. The van der Waals surface area contributed by atoms with E-state index in [-0.39, 0.29) is 0 Å². The standard InChI is InChI=1S/C29H40N2/c1-2-3-4-5-6-7-8-9-16-24-31-25-28(23-17-20-26-18-12-10-13-19-26)30-29(31)27-21-14-11-15-22-27/h10-15,18-19,21-22,25H,2-9,16-17,20,23-24H2,1H3. The minimum absolute atomic E-state index is 1.04. The number of aromatic nitrogens is 2. The number of hydrogen-bond acceptors (Lipinski definition) is 1. The van der Waals surface area contributed by atoms with Gasteiger partial charge in [0, 0.05) is 18.3 Å².